The second-order valence-corrected chi connectivity index (χ2v) is 8.37. The molecule has 29 heavy (non-hydrogen) atoms. The molecule has 0 spiro atoms. The summed E-state index contributed by atoms with van der Waals surface area (Å²) in [5.41, 5.74) is 2.16. The maximum atomic E-state index is 13.8. The monoisotopic (exact) mass is 412 g/mol. The minimum atomic E-state index is -0.228. The zero-order valence-corrected chi connectivity index (χ0v) is 18.2. The highest BCUT2D eigenvalue weighted by Crippen LogP contribution is 2.33. The summed E-state index contributed by atoms with van der Waals surface area (Å²) in [6, 6.07) is 21.4. The molecule has 2 fully saturated rings. The molecule has 2 aromatic rings. The lowest BCUT2D eigenvalue weighted by Gasteiger charge is -2.43. The molecule has 1 aliphatic heterocycles. The van der Waals surface area contributed by atoms with Crippen LogP contribution in [0.3, 0.4) is 0 Å². The number of carbonyl (C=O) groups is 1. The summed E-state index contributed by atoms with van der Waals surface area (Å²) in [7, 11) is 2.04. The van der Waals surface area contributed by atoms with E-state index in [1.54, 1.807) is 0 Å². The minimum absolute atomic E-state index is 0. The number of hydrogen-bond acceptors (Lipinski definition) is 2. The van der Waals surface area contributed by atoms with Gasteiger partial charge in [-0.3, -0.25) is 9.69 Å². The van der Waals surface area contributed by atoms with Crippen molar-refractivity contribution in [1.29, 1.82) is 0 Å². The van der Waals surface area contributed by atoms with E-state index >= 15 is 0 Å². The van der Waals surface area contributed by atoms with Crippen LogP contribution in [0, 0.1) is 0 Å². The van der Waals surface area contributed by atoms with Crippen LogP contribution < -0.4 is 0 Å². The van der Waals surface area contributed by atoms with E-state index in [4.69, 9.17) is 0 Å². The smallest absolute Gasteiger partial charge is 0.234 e. The van der Waals surface area contributed by atoms with E-state index in [2.05, 4.69) is 34.1 Å². The summed E-state index contributed by atoms with van der Waals surface area (Å²) in [5, 5.41) is 0. The number of amides is 1. The van der Waals surface area contributed by atoms with Crippen LogP contribution in [0.5, 0.6) is 0 Å². The van der Waals surface area contributed by atoms with Crippen LogP contribution in [0.15, 0.2) is 60.7 Å². The van der Waals surface area contributed by atoms with Crippen molar-refractivity contribution in [3.05, 3.63) is 71.8 Å². The molecule has 0 radical (unpaired) electrons. The molecule has 1 aliphatic carbocycles. The third kappa shape index (κ3) is 4.84. The lowest BCUT2D eigenvalue weighted by Crippen LogP contribution is -2.54. The van der Waals surface area contributed by atoms with E-state index in [0.717, 1.165) is 17.5 Å². The molecular formula is C25H33ClN2O. The van der Waals surface area contributed by atoms with Crippen LogP contribution in [0.1, 0.15) is 55.6 Å². The Morgan fingerprint density at radius 2 is 1.38 bits per heavy atom. The van der Waals surface area contributed by atoms with Crippen molar-refractivity contribution in [2.45, 2.75) is 56.5 Å². The van der Waals surface area contributed by atoms with Crippen molar-refractivity contribution in [3.8, 4) is 0 Å². The normalized spacial score (nSPS) is 22.3. The Bertz CT molecular complexity index is 721. The highest BCUT2D eigenvalue weighted by atomic mass is 35.5. The Kier molecular flexibility index (Phi) is 7.74. The highest BCUT2D eigenvalue weighted by molar-refractivity contribution is 5.87. The van der Waals surface area contributed by atoms with Crippen molar-refractivity contribution >= 4 is 18.3 Å². The van der Waals surface area contributed by atoms with Gasteiger partial charge in [0.25, 0.3) is 0 Å². The summed E-state index contributed by atoms with van der Waals surface area (Å²) in [6.07, 6.45) is 7.48. The first-order valence-corrected chi connectivity index (χ1v) is 10.9. The van der Waals surface area contributed by atoms with Gasteiger partial charge in [-0.15, -0.1) is 12.4 Å². The number of benzene rings is 2. The Morgan fingerprint density at radius 1 is 0.862 bits per heavy atom. The fourth-order valence-corrected chi connectivity index (χ4v) is 5.18. The Morgan fingerprint density at radius 3 is 1.93 bits per heavy atom. The van der Waals surface area contributed by atoms with Crippen molar-refractivity contribution in [3.63, 3.8) is 0 Å². The van der Waals surface area contributed by atoms with Gasteiger partial charge in [0.15, 0.2) is 0 Å². The van der Waals surface area contributed by atoms with Gasteiger partial charge < -0.3 is 4.90 Å². The molecule has 0 bridgehead atoms. The first-order valence-electron chi connectivity index (χ1n) is 10.9. The first kappa shape index (κ1) is 21.9. The molecule has 0 aromatic heterocycles. The summed E-state index contributed by atoms with van der Waals surface area (Å²) < 4.78 is 0. The van der Waals surface area contributed by atoms with Crippen LogP contribution in [-0.4, -0.2) is 47.9 Å². The zero-order valence-electron chi connectivity index (χ0n) is 17.4. The predicted octanol–water partition coefficient (Wildman–Crippen LogP) is 5.11. The minimum Gasteiger partial charge on any atom is -0.340 e. The molecule has 1 amide bonds. The van der Waals surface area contributed by atoms with Crippen molar-refractivity contribution in [2.24, 2.45) is 0 Å². The standard InChI is InChI=1S/C25H32N2O.ClH/c1-26(22-16-8-9-17-23(22)27-18-10-11-19-27)25(28)24(20-12-4-2-5-13-20)21-14-6-3-7-15-21;/h2-7,12-15,22-24H,8-11,16-19H2,1H3;1H/t22-,23?;/m0./s1. The molecule has 4 rings (SSSR count). The molecular weight excluding hydrogens is 380 g/mol. The summed E-state index contributed by atoms with van der Waals surface area (Å²) in [4.78, 5) is 18.5. The van der Waals surface area contributed by atoms with E-state index < -0.39 is 0 Å². The number of halogens is 1. The van der Waals surface area contributed by atoms with Gasteiger partial charge in [-0.2, -0.15) is 0 Å². The van der Waals surface area contributed by atoms with Crippen LogP contribution in [0.2, 0.25) is 0 Å². The molecule has 156 valence electrons. The van der Waals surface area contributed by atoms with Gasteiger partial charge in [-0.25, -0.2) is 0 Å². The molecule has 2 aliphatic rings. The molecule has 1 saturated heterocycles. The van der Waals surface area contributed by atoms with Crippen molar-refractivity contribution in [2.75, 3.05) is 20.1 Å². The first-order chi connectivity index (χ1) is 13.8. The number of nitrogens with zero attached hydrogens (tertiary/aromatic N) is 2. The molecule has 0 N–H and O–H groups in total. The van der Waals surface area contributed by atoms with Gasteiger partial charge >= 0.3 is 0 Å². The quantitative estimate of drug-likeness (QED) is 0.681. The summed E-state index contributed by atoms with van der Waals surface area (Å²) >= 11 is 0. The third-order valence-corrected chi connectivity index (χ3v) is 6.66. The average Bonchev–Trinajstić information content (AvgIpc) is 3.30. The topological polar surface area (TPSA) is 23.6 Å². The van der Waals surface area contributed by atoms with Gasteiger partial charge in [-0.05, 0) is 49.9 Å². The SMILES string of the molecule is CN(C(=O)C(c1ccccc1)c1ccccc1)[C@H]1CCCCC1N1CCCC1.Cl. The Hall–Kier alpha value is -1.84. The van der Waals surface area contributed by atoms with Gasteiger partial charge in [0, 0.05) is 19.1 Å². The van der Waals surface area contributed by atoms with Crippen molar-refractivity contribution < 1.29 is 4.79 Å². The van der Waals surface area contributed by atoms with Crippen LogP contribution in [-0.2, 0) is 4.79 Å². The largest absolute Gasteiger partial charge is 0.340 e. The maximum absolute atomic E-state index is 13.8. The second kappa shape index (κ2) is 10.3. The van der Waals surface area contributed by atoms with Crippen molar-refractivity contribution in [1.82, 2.24) is 9.80 Å². The van der Waals surface area contributed by atoms with Crippen LogP contribution in [0.25, 0.3) is 0 Å². The van der Waals surface area contributed by atoms with E-state index in [9.17, 15) is 4.79 Å². The maximum Gasteiger partial charge on any atom is 0.234 e. The van der Waals surface area contributed by atoms with Gasteiger partial charge in [0.05, 0.1) is 5.92 Å². The van der Waals surface area contributed by atoms with E-state index in [1.165, 1.54) is 45.2 Å². The lowest BCUT2D eigenvalue weighted by molar-refractivity contribution is -0.134. The Labute approximate surface area is 181 Å². The lowest BCUT2D eigenvalue weighted by atomic mass is 9.85. The van der Waals surface area contributed by atoms with E-state index in [0.29, 0.717) is 12.1 Å². The van der Waals surface area contributed by atoms with Gasteiger partial charge in [-0.1, -0.05) is 73.5 Å². The molecule has 1 saturated carbocycles. The van der Waals surface area contributed by atoms with Gasteiger partial charge in [0.2, 0.25) is 5.91 Å². The third-order valence-electron chi connectivity index (χ3n) is 6.66. The number of likely N-dealkylation sites (tertiary alicyclic amines) is 1. The summed E-state index contributed by atoms with van der Waals surface area (Å²) in [6.45, 7) is 2.40. The van der Waals surface area contributed by atoms with Crippen LogP contribution in [0.4, 0.5) is 0 Å². The molecule has 1 heterocycles. The summed E-state index contributed by atoms with van der Waals surface area (Å²) in [5.74, 6) is 0.00190. The number of carbonyl (C=O) groups excluding carboxylic acids is 1. The number of rotatable bonds is 5. The van der Waals surface area contributed by atoms with E-state index in [-0.39, 0.29) is 24.2 Å². The zero-order chi connectivity index (χ0) is 19.3. The number of hydrogen-bond donors (Lipinski definition) is 0. The molecule has 2 aromatic carbocycles. The Balaban J connectivity index is 0.00000240. The fraction of sp³-hybridized carbons (Fsp3) is 0.480. The second-order valence-electron chi connectivity index (χ2n) is 8.37. The molecule has 1 unspecified atom stereocenters. The fourth-order valence-electron chi connectivity index (χ4n) is 5.18. The molecule has 3 nitrogen and oxygen atoms in total. The average molecular weight is 413 g/mol. The predicted molar refractivity (Wildman–Crippen MR) is 122 cm³/mol. The molecule has 4 heteroatoms. The highest BCUT2D eigenvalue weighted by Gasteiger charge is 2.37. The van der Waals surface area contributed by atoms with Gasteiger partial charge in [0.1, 0.15) is 0 Å². The molecule has 2 atom stereocenters. The number of likely N-dealkylation sites (N-methyl/N-ethyl adjacent to an activating group) is 1. The van der Waals surface area contributed by atoms with Crippen LogP contribution >= 0.6 is 12.4 Å². The van der Waals surface area contributed by atoms with E-state index in [1.807, 2.05) is 43.4 Å².